The first-order chi connectivity index (χ1) is 11.5. The molecular weight excluding hydrogens is 312 g/mol. The molecule has 7 heteroatoms. The Balaban J connectivity index is 2.14. The molecule has 1 N–H and O–H groups in total. The van der Waals surface area contributed by atoms with Crippen LogP contribution in [0.4, 0.5) is 0 Å². The molecule has 0 radical (unpaired) electrons. The third-order valence-corrected chi connectivity index (χ3v) is 3.77. The largest absolute Gasteiger partial charge is 0.493 e. The minimum atomic E-state index is -0.745. The number of amides is 3. The molecule has 1 fully saturated rings. The van der Waals surface area contributed by atoms with Gasteiger partial charge in [-0.25, -0.2) is 0 Å². The van der Waals surface area contributed by atoms with Crippen molar-refractivity contribution in [2.75, 3.05) is 20.8 Å². The zero-order valence-electron chi connectivity index (χ0n) is 13.9. The maximum atomic E-state index is 12.4. The molecule has 128 valence electrons. The number of methoxy groups -OCH3 is 2. The van der Waals surface area contributed by atoms with Crippen LogP contribution in [0.2, 0.25) is 0 Å². The predicted molar refractivity (Wildman–Crippen MR) is 87.5 cm³/mol. The average Bonchev–Trinajstić information content (AvgIpc) is 2.91. The highest BCUT2D eigenvalue weighted by Crippen LogP contribution is 2.28. The van der Waals surface area contributed by atoms with Gasteiger partial charge in [0.2, 0.25) is 17.7 Å². The van der Waals surface area contributed by atoms with Crippen LogP contribution in [0.25, 0.3) is 6.08 Å². The highest BCUT2D eigenvalue weighted by Gasteiger charge is 2.36. The molecule has 0 bridgehead atoms. The maximum Gasteiger partial charge on any atom is 0.249 e. The van der Waals surface area contributed by atoms with Gasteiger partial charge >= 0.3 is 0 Å². The van der Waals surface area contributed by atoms with Gasteiger partial charge in [0, 0.05) is 12.6 Å². The van der Waals surface area contributed by atoms with Crippen LogP contribution in [0.1, 0.15) is 18.9 Å². The second-order valence-corrected chi connectivity index (χ2v) is 5.20. The lowest BCUT2D eigenvalue weighted by Gasteiger charge is -2.23. The molecule has 1 atom stereocenters. The maximum absolute atomic E-state index is 12.4. The van der Waals surface area contributed by atoms with E-state index in [1.807, 2.05) is 0 Å². The number of hydrogen-bond acceptors (Lipinski definition) is 5. The van der Waals surface area contributed by atoms with Gasteiger partial charge in [-0.05, 0) is 30.7 Å². The topological polar surface area (TPSA) is 84.9 Å². The van der Waals surface area contributed by atoms with Crippen LogP contribution in [0.5, 0.6) is 11.5 Å². The summed E-state index contributed by atoms with van der Waals surface area (Å²) in [5.41, 5.74) is 0.754. The molecule has 0 aromatic heterocycles. The van der Waals surface area contributed by atoms with Crippen molar-refractivity contribution in [3.05, 3.63) is 29.8 Å². The first-order valence-electron chi connectivity index (χ1n) is 7.54. The molecule has 2 rings (SSSR count). The van der Waals surface area contributed by atoms with Crippen LogP contribution < -0.4 is 14.8 Å². The summed E-state index contributed by atoms with van der Waals surface area (Å²) in [4.78, 5) is 36.8. The average molecular weight is 332 g/mol. The smallest absolute Gasteiger partial charge is 0.249 e. The van der Waals surface area contributed by atoms with Crippen molar-refractivity contribution < 1.29 is 23.9 Å². The van der Waals surface area contributed by atoms with Crippen molar-refractivity contribution in [1.29, 1.82) is 0 Å². The SMILES string of the molecule is CCN(C(=O)/C=C/c1ccc(OC)c(OC)c1)[C@@H]1CC(=O)NC1=O. The molecule has 1 saturated heterocycles. The van der Waals surface area contributed by atoms with Crippen LogP contribution in [0, 0.1) is 0 Å². The van der Waals surface area contributed by atoms with Crippen LogP contribution >= 0.6 is 0 Å². The molecule has 7 nitrogen and oxygen atoms in total. The van der Waals surface area contributed by atoms with Gasteiger partial charge in [0.05, 0.1) is 20.6 Å². The minimum absolute atomic E-state index is 0.00259. The number of nitrogens with one attached hydrogen (secondary N) is 1. The molecule has 0 spiro atoms. The van der Waals surface area contributed by atoms with Crippen molar-refractivity contribution >= 4 is 23.8 Å². The second kappa shape index (κ2) is 7.63. The fraction of sp³-hybridized carbons (Fsp3) is 0.353. The van der Waals surface area contributed by atoms with Gasteiger partial charge < -0.3 is 14.4 Å². The second-order valence-electron chi connectivity index (χ2n) is 5.20. The van der Waals surface area contributed by atoms with Crippen LogP contribution in [-0.2, 0) is 14.4 Å². The molecule has 1 aliphatic heterocycles. The van der Waals surface area contributed by atoms with Gasteiger partial charge in [-0.2, -0.15) is 0 Å². The number of ether oxygens (including phenoxy) is 2. The summed E-state index contributed by atoms with van der Waals surface area (Å²) in [6, 6.07) is 4.52. The number of rotatable bonds is 6. The predicted octanol–water partition coefficient (Wildman–Crippen LogP) is 0.981. The van der Waals surface area contributed by atoms with Gasteiger partial charge in [-0.15, -0.1) is 0 Å². The third kappa shape index (κ3) is 3.73. The van der Waals surface area contributed by atoms with E-state index in [9.17, 15) is 14.4 Å². The van der Waals surface area contributed by atoms with Gasteiger partial charge in [0.1, 0.15) is 6.04 Å². The molecule has 24 heavy (non-hydrogen) atoms. The van der Waals surface area contributed by atoms with E-state index < -0.39 is 11.9 Å². The highest BCUT2D eigenvalue weighted by molar-refractivity contribution is 6.07. The number of hydrogen-bond donors (Lipinski definition) is 1. The Kier molecular flexibility index (Phi) is 5.57. The zero-order valence-corrected chi connectivity index (χ0v) is 13.9. The summed E-state index contributed by atoms with van der Waals surface area (Å²) in [7, 11) is 3.08. The minimum Gasteiger partial charge on any atom is -0.493 e. The Hall–Kier alpha value is -2.83. The van der Waals surface area contributed by atoms with Gasteiger partial charge in [0.15, 0.2) is 11.5 Å². The van der Waals surface area contributed by atoms with Crippen LogP contribution in [0.3, 0.4) is 0 Å². The number of likely N-dealkylation sites (N-methyl/N-ethyl adjacent to an activating group) is 1. The fourth-order valence-corrected chi connectivity index (χ4v) is 2.54. The van der Waals surface area contributed by atoms with Crippen LogP contribution in [-0.4, -0.2) is 49.4 Å². The standard InChI is InChI=1S/C17H20N2O5/c1-4-19(12-10-15(20)18-17(12)22)16(21)8-6-11-5-7-13(23-2)14(9-11)24-3/h5-9,12H,4,10H2,1-3H3,(H,18,20,22)/b8-6+/t12-/m1/s1. The molecule has 0 unspecified atom stereocenters. The molecule has 3 amide bonds. The summed E-state index contributed by atoms with van der Waals surface area (Å²) in [5.74, 6) is 0.0227. The van der Waals surface area contributed by atoms with Gasteiger partial charge in [-0.3, -0.25) is 19.7 Å². The lowest BCUT2D eigenvalue weighted by molar-refractivity contribution is -0.135. The van der Waals surface area contributed by atoms with E-state index >= 15 is 0 Å². The zero-order chi connectivity index (χ0) is 17.7. The van der Waals surface area contributed by atoms with Crippen molar-refractivity contribution in [1.82, 2.24) is 10.2 Å². The van der Waals surface area contributed by atoms with Gasteiger partial charge in [-0.1, -0.05) is 6.07 Å². The Morgan fingerprint density at radius 1 is 1.29 bits per heavy atom. The first kappa shape index (κ1) is 17.5. The summed E-state index contributed by atoms with van der Waals surface area (Å²) in [5, 5.41) is 2.21. The molecule has 1 aromatic rings. The van der Waals surface area contributed by atoms with E-state index in [0.717, 1.165) is 5.56 Å². The van der Waals surface area contributed by atoms with E-state index in [4.69, 9.17) is 9.47 Å². The van der Waals surface area contributed by atoms with Crippen molar-refractivity contribution in [3.8, 4) is 11.5 Å². The number of carbonyl (C=O) groups is 3. The summed E-state index contributed by atoms with van der Waals surface area (Å²) >= 11 is 0. The van der Waals surface area contributed by atoms with E-state index in [2.05, 4.69) is 5.32 Å². The summed E-state index contributed by atoms with van der Waals surface area (Å²) in [6.07, 6.45) is 3.01. The van der Waals surface area contributed by atoms with Crippen LogP contribution in [0.15, 0.2) is 24.3 Å². The number of carbonyl (C=O) groups excluding carboxylic acids is 3. The lowest BCUT2D eigenvalue weighted by atomic mass is 10.1. The van der Waals surface area contributed by atoms with E-state index in [0.29, 0.717) is 18.0 Å². The third-order valence-electron chi connectivity index (χ3n) is 3.77. The monoisotopic (exact) mass is 332 g/mol. The van der Waals surface area contributed by atoms with Gasteiger partial charge in [0.25, 0.3) is 0 Å². The number of imide groups is 1. The van der Waals surface area contributed by atoms with E-state index in [-0.39, 0.29) is 18.2 Å². The summed E-state index contributed by atoms with van der Waals surface area (Å²) in [6.45, 7) is 2.10. The Morgan fingerprint density at radius 2 is 2.00 bits per heavy atom. The van der Waals surface area contributed by atoms with E-state index in [1.54, 1.807) is 38.3 Å². The molecular formula is C17H20N2O5. The molecule has 0 saturated carbocycles. The molecule has 1 heterocycles. The number of benzene rings is 1. The van der Waals surface area contributed by atoms with Crippen molar-refractivity contribution in [2.24, 2.45) is 0 Å². The normalized spacial score (nSPS) is 17.0. The molecule has 1 aromatic carbocycles. The lowest BCUT2D eigenvalue weighted by Crippen LogP contribution is -2.43. The quantitative estimate of drug-likeness (QED) is 0.620. The highest BCUT2D eigenvalue weighted by atomic mass is 16.5. The fourth-order valence-electron chi connectivity index (χ4n) is 2.54. The van der Waals surface area contributed by atoms with E-state index in [1.165, 1.54) is 18.1 Å². The Bertz CT molecular complexity index is 684. The molecule has 0 aliphatic carbocycles. The molecule has 1 aliphatic rings. The Labute approximate surface area is 140 Å². The summed E-state index contributed by atoms with van der Waals surface area (Å²) < 4.78 is 10.4. The Morgan fingerprint density at radius 3 is 2.54 bits per heavy atom. The number of nitrogens with zero attached hydrogens (tertiary/aromatic N) is 1. The first-order valence-corrected chi connectivity index (χ1v) is 7.54. The van der Waals surface area contributed by atoms with Crippen molar-refractivity contribution in [2.45, 2.75) is 19.4 Å². The van der Waals surface area contributed by atoms with Crippen molar-refractivity contribution in [3.63, 3.8) is 0 Å².